The van der Waals surface area contributed by atoms with Crippen LogP contribution in [0, 0.1) is 70.8 Å². The molecule has 0 bridgehead atoms. The first-order valence-electron chi connectivity index (χ1n) is 38.6. The monoisotopic (exact) mass is 2030 g/mol. The van der Waals surface area contributed by atoms with Gasteiger partial charge in [-0.05, 0) is 122 Å². The zero-order chi connectivity index (χ0) is 86.1. The van der Waals surface area contributed by atoms with E-state index in [0.29, 0.717) is 22.8 Å². The molecule has 9 heterocycles. The summed E-state index contributed by atoms with van der Waals surface area (Å²) >= 11 is 0. The molecule has 0 saturated carbocycles. The van der Waals surface area contributed by atoms with E-state index in [2.05, 4.69) is 165 Å². The molecule has 126 heavy (non-hydrogen) atoms. The molecule has 0 amide bonds. The first kappa shape index (κ1) is 87.4. The van der Waals surface area contributed by atoms with Crippen molar-refractivity contribution in [3.8, 4) is 67.8 Å². The fourth-order valence-corrected chi connectivity index (χ4v) is 14.9. The number of ketones is 1. The minimum atomic E-state index is -0.990. The summed E-state index contributed by atoms with van der Waals surface area (Å²) < 4.78 is 118. The van der Waals surface area contributed by atoms with Crippen LogP contribution in [0.3, 0.4) is 0 Å². The number of pyridine rings is 5. The summed E-state index contributed by atoms with van der Waals surface area (Å²) in [6, 6.07) is 103. The Balaban J connectivity index is 0.000000128. The fourth-order valence-electron chi connectivity index (χ4n) is 14.9. The van der Waals surface area contributed by atoms with E-state index in [0.717, 1.165) is 159 Å². The first-order valence-corrected chi connectivity index (χ1v) is 38.6. The van der Waals surface area contributed by atoms with Crippen LogP contribution in [0.2, 0.25) is 0 Å². The van der Waals surface area contributed by atoms with Gasteiger partial charge in [0.15, 0.2) is 5.78 Å². The molecule has 2 radical (unpaired) electrons. The van der Waals surface area contributed by atoms with Gasteiger partial charge < -0.3 is 48.4 Å². The van der Waals surface area contributed by atoms with Crippen molar-refractivity contribution in [2.45, 2.75) is 13.8 Å². The molecule has 0 aliphatic carbocycles. The van der Waals surface area contributed by atoms with Crippen molar-refractivity contribution in [1.82, 2.24) is 43.2 Å². The van der Waals surface area contributed by atoms with Crippen LogP contribution in [0.15, 0.2) is 352 Å². The summed E-state index contributed by atoms with van der Waals surface area (Å²) in [6.07, 6.45) is 9.13. The molecule has 12 aromatic carbocycles. The molecular weight excluding hydrogens is 1960 g/mol. The number of hydrogen-bond acceptors (Lipinski definition) is 8. The molecule has 0 aliphatic rings. The van der Waals surface area contributed by atoms with Crippen LogP contribution in [0.1, 0.15) is 24.3 Å². The summed E-state index contributed by atoms with van der Waals surface area (Å²) in [6.45, 7) is 2.85. The van der Waals surface area contributed by atoms with Crippen molar-refractivity contribution < 1.29 is 95.1 Å². The molecule has 0 fully saturated rings. The van der Waals surface area contributed by atoms with Gasteiger partial charge in [-0.3, -0.25) is 39.9 Å². The Morgan fingerprint density at radius 2 is 0.500 bits per heavy atom. The fraction of sp³-hybridized carbons (Fsp3) is 0.0194. The van der Waals surface area contributed by atoms with E-state index in [-0.39, 0.29) is 79.7 Å². The van der Waals surface area contributed by atoms with Crippen LogP contribution in [-0.4, -0.2) is 65.2 Å². The number of aromatic nitrogens is 9. The molecule has 0 unspecified atom stereocenters. The summed E-state index contributed by atoms with van der Waals surface area (Å²) in [5, 5.41) is 25.8. The number of fused-ring (bicyclic) bond motifs is 12. The summed E-state index contributed by atoms with van der Waals surface area (Å²) in [7, 11) is 0. The quantitative estimate of drug-likeness (QED) is 0.0588. The Kier molecular flexibility index (Phi) is 27.1. The molecule has 23 heteroatoms. The van der Waals surface area contributed by atoms with Crippen LogP contribution in [-0.2, 0) is 45.0 Å². The maximum Gasteiger partial charge on any atom is 0.354 e. The van der Waals surface area contributed by atoms with E-state index >= 15 is 0 Å². The van der Waals surface area contributed by atoms with Crippen LogP contribution in [0.5, 0.6) is 0 Å². The number of rotatable bonds is 10. The van der Waals surface area contributed by atoms with Crippen LogP contribution < -0.4 is 0 Å². The summed E-state index contributed by atoms with van der Waals surface area (Å²) in [4.78, 5) is 40.8. The third-order valence-electron chi connectivity index (χ3n) is 20.1. The second-order valence-corrected chi connectivity index (χ2v) is 28.2. The largest absolute Gasteiger partial charge is 0.512 e. The first-order chi connectivity index (χ1) is 60.3. The van der Waals surface area contributed by atoms with Gasteiger partial charge >= 0.3 is 5.97 Å². The van der Waals surface area contributed by atoms with Crippen molar-refractivity contribution in [2.24, 2.45) is 0 Å². The number of carbonyl (C=O) groups excluding carboxylic acids is 1. The molecule has 2 N–H and O–H groups in total. The molecule has 0 saturated heterocycles. The molecule has 624 valence electrons. The minimum Gasteiger partial charge on any atom is -0.512 e. The Labute approximate surface area is 742 Å². The summed E-state index contributed by atoms with van der Waals surface area (Å²) in [5.41, 5.74) is 14.2. The smallest absolute Gasteiger partial charge is 0.354 e. The predicted molar refractivity (Wildman–Crippen MR) is 469 cm³/mol. The van der Waals surface area contributed by atoms with Crippen LogP contribution in [0.4, 0.5) is 35.1 Å². The second-order valence-electron chi connectivity index (χ2n) is 28.2. The molecule has 0 atom stereocenters. The number of halogens is 8. The standard InChI is InChI=1S/4C23H13F2N2.C6H5NO2.C5H8O2.2Ir/c4*24-15-9-10-19(20(25)13-15)21-14-16(11-12-26-21)27-22-7-3-1-5-17(22)18-6-2-4-8-23(18)27;8-6(9)5-3-1-2-4-7-5;1-4(6)3-5(2)7;;/h4*1-9,11-14H;1-4H,(H,8,9);3,6H,1-2H3;;/q4*-1;;;;. The number of allylic oxidation sites excluding steroid dienone is 2. The Bertz CT molecular complexity index is 6610. The number of carboxylic acid groups (broad SMARTS) is 1. The van der Waals surface area contributed by atoms with Gasteiger partial charge in [0.05, 0.1) is 49.9 Å². The van der Waals surface area contributed by atoms with E-state index in [1.54, 1.807) is 61.2 Å². The molecular formula is C103H65F8Ir2N9O4-4. The molecule has 0 aliphatic heterocycles. The van der Waals surface area contributed by atoms with E-state index in [9.17, 15) is 44.7 Å². The van der Waals surface area contributed by atoms with Crippen molar-refractivity contribution in [1.29, 1.82) is 0 Å². The van der Waals surface area contributed by atoms with E-state index in [4.69, 9.17) is 10.2 Å². The van der Waals surface area contributed by atoms with Crippen molar-refractivity contribution in [2.75, 3.05) is 0 Å². The Morgan fingerprint density at radius 1 is 0.286 bits per heavy atom. The van der Waals surface area contributed by atoms with Gasteiger partial charge in [-0.1, -0.05) is 222 Å². The molecule has 9 aromatic heterocycles. The van der Waals surface area contributed by atoms with Gasteiger partial charge in [0.1, 0.15) is 5.69 Å². The second kappa shape index (κ2) is 39.0. The van der Waals surface area contributed by atoms with Gasteiger partial charge in [0, 0.05) is 190 Å². The Hall–Kier alpha value is -15.0. The number of aliphatic hydroxyl groups excluding tert-OH is 1. The van der Waals surface area contributed by atoms with E-state index < -0.39 is 52.5 Å². The third-order valence-corrected chi connectivity index (χ3v) is 20.1. The zero-order valence-electron chi connectivity index (χ0n) is 66.3. The predicted octanol–water partition coefficient (Wildman–Crippen LogP) is 25.5. The number of carboxylic acids is 1. The average molecular weight is 2030 g/mol. The van der Waals surface area contributed by atoms with Gasteiger partial charge in [0.2, 0.25) is 0 Å². The van der Waals surface area contributed by atoms with E-state index in [1.165, 1.54) is 32.2 Å². The van der Waals surface area contributed by atoms with Gasteiger partial charge in [-0.15, -0.1) is 48.5 Å². The van der Waals surface area contributed by atoms with E-state index in [1.807, 2.05) is 121 Å². The van der Waals surface area contributed by atoms with Crippen molar-refractivity contribution in [3.05, 3.63) is 429 Å². The number of aliphatic hydroxyl groups is 1. The average Bonchev–Trinajstić information content (AvgIpc) is 1.61. The van der Waals surface area contributed by atoms with Crippen LogP contribution in [0.25, 0.3) is 155 Å². The molecule has 21 rings (SSSR count). The maximum atomic E-state index is 14.2. The number of nitrogens with zero attached hydrogens (tertiary/aromatic N) is 9. The number of benzene rings is 12. The zero-order valence-corrected chi connectivity index (χ0v) is 71.1. The van der Waals surface area contributed by atoms with Crippen molar-refractivity contribution >= 4 is 99.0 Å². The molecule has 13 nitrogen and oxygen atoms in total. The third kappa shape index (κ3) is 18.7. The van der Waals surface area contributed by atoms with Crippen LogP contribution >= 0.6 is 0 Å². The number of hydrogen-bond donors (Lipinski definition) is 2. The minimum absolute atomic E-state index is 0. The molecule has 0 spiro atoms. The normalized spacial score (nSPS) is 11.0. The number of carbonyl (C=O) groups is 2. The number of para-hydroxylation sites is 8. The SMILES string of the molecule is CC(=O)C=C(C)O.Fc1c[c-]c(-c2cc(-n3c4ccccc4c4ccccc43)ccn2)c(F)c1.Fc1c[c-]c(-c2cc(-n3c4ccccc4c4ccccc43)ccn2)c(F)c1.Fc1c[c-]c(-c2cc(-n3c4ccccc4c4ccccc43)ccn2)c(F)c1.Fc1c[c-]c(-c2cc(-n3c4ccccc4c4ccccc43)ccn2)c(F)c1.O=C(O)c1ccccn1.[Ir].[Ir]. The molecule has 21 aromatic rings. The maximum absolute atomic E-state index is 14.2. The van der Waals surface area contributed by atoms with Gasteiger partial charge in [-0.2, -0.15) is 0 Å². The van der Waals surface area contributed by atoms with Gasteiger partial charge in [-0.25, -0.2) is 9.78 Å². The summed E-state index contributed by atoms with van der Waals surface area (Å²) in [5.74, 6) is -6.40. The Morgan fingerprint density at radius 3 is 0.667 bits per heavy atom. The van der Waals surface area contributed by atoms with Gasteiger partial charge in [0.25, 0.3) is 0 Å². The topological polar surface area (TPSA) is 159 Å². The number of aromatic carboxylic acids is 1. The van der Waals surface area contributed by atoms with Crippen molar-refractivity contribution in [3.63, 3.8) is 0 Å².